The number of nitro benzene ring substituents is 1. The van der Waals surface area contributed by atoms with Gasteiger partial charge in [-0.3, -0.25) is 10.1 Å². The van der Waals surface area contributed by atoms with Crippen LogP contribution in [0, 0.1) is 10.1 Å². The van der Waals surface area contributed by atoms with E-state index in [9.17, 15) is 10.1 Å². The maximum atomic E-state index is 10.2. The highest BCUT2D eigenvalue weighted by Crippen LogP contribution is 2.16. The highest BCUT2D eigenvalue weighted by Gasteiger charge is 2.02. The number of nitro groups is 1. The minimum Gasteiger partial charge on any atom is -0.497 e. The molecule has 4 nitrogen and oxygen atoms in total. The third-order valence-corrected chi connectivity index (χ3v) is 1.28. The van der Waals surface area contributed by atoms with Crippen LogP contribution in [0.25, 0.3) is 0 Å². The molecule has 78 valence electrons. The van der Waals surface area contributed by atoms with Crippen molar-refractivity contribution in [3.8, 4) is 5.75 Å². The average molecular weight is 262 g/mol. The fourth-order valence-corrected chi connectivity index (χ4v) is 0.704. The third-order valence-electron chi connectivity index (χ3n) is 1.28. The molecule has 0 bridgehead atoms. The molecule has 0 fully saturated rings. The highest BCUT2D eigenvalue weighted by atomic mass is 79.9. The SMILES string of the molecule is CCBr.COc1ccc([N+](=O)[O-])cc1. The van der Waals surface area contributed by atoms with E-state index in [1.165, 1.54) is 19.2 Å². The molecule has 14 heavy (non-hydrogen) atoms. The molecule has 0 heterocycles. The summed E-state index contributed by atoms with van der Waals surface area (Å²) in [6.45, 7) is 2.04. The van der Waals surface area contributed by atoms with E-state index in [1.807, 2.05) is 6.92 Å². The summed E-state index contributed by atoms with van der Waals surface area (Å²) >= 11 is 3.15. The lowest BCUT2D eigenvalue weighted by Gasteiger charge is -1.96. The lowest BCUT2D eigenvalue weighted by atomic mass is 10.3. The van der Waals surface area contributed by atoms with E-state index in [4.69, 9.17) is 4.74 Å². The van der Waals surface area contributed by atoms with Crippen LogP contribution in [0.5, 0.6) is 5.75 Å². The van der Waals surface area contributed by atoms with E-state index in [0.717, 1.165) is 5.33 Å². The molecule has 1 aromatic carbocycles. The van der Waals surface area contributed by atoms with Gasteiger partial charge in [-0.2, -0.15) is 0 Å². The molecular formula is C9H12BrNO3. The normalized spacial score (nSPS) is 8.50. The first kappa shape index (κ1) is 12.9. The molecule has 0 saturated carbocycles. The molecule has 0 unspecified atom stereocenters. The van der Waals surface area contributed by atoms with Crippen molar-refractivity contribution in [1.29, 1.82) is 0 Å². The summed E-state index contributed by atoms with van der Waals surface area (Å²) in [6.07, 6.45) is 0. The van der Waals surface area contributed by atoms with E-state index in [0.29, 0.717) is 5.75 Å². The number of halogens is 1. The second-order valence-electron chi connectivity index (χ2n) is 2.22. The minimum atomic E-state index is -0.445. The Kier molecular flexibility index (Phi) is 6.74. The van der Waals surface area contributed by atoms with Crippen LogP contribution in [0.3, 0.4) is 0 Å². The van der Waals surface area contributed by atoms with Crippen LogP contribution in [0.2, 0.25) is 0 Å². The van der Waals surface area contributed by atoms with E-state index in [2.05, 4.69) is 15.9 Å². The number of methoxy groups -OCH3 is 1. The predicted octanol–water partition coefficient (Wildman–Crippen LogP) is 3.00. The summed E-state index contributed by atoms with van der Waals surface area (Å²) in [5.74, 6) is 0.621. The van der Waals surface area contributed by atoms with Gasteiger partial charge in [-0.15, -0.1) is 0 Å². The number of nitrogens with zero attached hydrogens (tertiary/aromatic N) is 1. The zero-order chi connectivity index (χ0) is 11.0. The minimum absolute atomic E-state index is 0.0748. The fourth-order valence-electron chi connectivity index (χ4n) is 0.704. The number of ether oxygens (including phenoxy) is 1. The molecule has 0 N–H and O–H groups in total. The summed E-state index contributed by atoms with van der Waals surface area (Å²) in [6, 6.07) is 5.91. The summed E-state index contributed by atoms with van der Waals surface area (Å²) in [5, 5.41) is 11.2. The molecule has 1 rings (SSSR count). The molecule has 0 atom stereocenters. The van der Waals surface area contributed by atoms with E-state index in [1.54, 1.807) is 12.1 Å². The zero-order valence-corrected chi connectivity index (χ0v) is 9.65. The van der Waals surface area contributed by atoms with Crippen molar-refractivity contribution in [2.45, 2.75) is 6.92 Å². The molecule has 0 aliphatic carbocycles. The first-order valence-corrected chi connectivity index (χ1v) is 5.12. The first-order chi connectivity index (χ1) is 6.65. The third kappa shape index (κ3) is 4.81. The van der Waals surface area contributed by atoms with Gasteiger partial charge in [-0.1, -0.05) is 22.9 Å². The van der Waals surface area contributed by atoms with E-state index < -0.39 is 4.92 Å². The van der Waals surface area contributed by atoms with Crippen molar-refractivity contribution in [2.24, 2.45) is 0 Å². The van der Waals surface area contributed by atoms with Crippen LogP contribution < -0.4 is 4.74 Å². The first-order valence-electron chi connectivity index (χ1n) is 4.00. The number of non-ortho nitro benzene ring substituents is 1. The van der Waals surface area contributed by atoms with Gasteiger partial charge < -0.3 is 4.74 Å². The van der Waals surface area contributed by atoms with E-state index >= 15 is 0 Å². The molecule has 0 radical (unpaired) electrons. The molecule has 0 saturated heterocycles. The van der Waals surface area contributed by atoms with E-state index in [-0.39, 0.29) is 5.69 Å². The van der Waals surface area contributed by atoms with Gasteiger partial charge in [0.05, 0.1) is 12.0 Å². The Morgan fingerprint density at radius 1 is 1.43 bits per heavy atom. The Balaban J connectivity index is 0.000000500. The van der Waals surface area contributed by atoms with Crippen LogP contribution in [0.4, 0.5) is 5.69 Å². The van der Waals surface area contributed by atoms with Crippen molar-refractivity contribution in [3.05, 3.63) is 34.4 Å². The molecule has 0 amide bonds. The van der Waals surface area contributed by atoms with Crippen molar-refractivity contribution >= 4 is 21.6 Å². The summed E-state index contributed by atoms with van der Waals surface area (Å²) < 4.78 is 4.83. The lowest BCUT2D eigenvalue weighted by Crippen LogP contribution is -1.87. The van der Waals surface area contributed by atoms with Gasteiger partial charge in [0.25, 0.3) is 5.69 Å². The number of benzene rings is 1. The maximum Gasteiger partial charge on any atom is 0.269 e. The molecule has 1 aromatic rings. The van der Waals surface area contributed by atoms with Gasteiger partial charge in [-0.05, 0) is 12.1 Å². The number of hydrogen-bond acceptors (Lipinski definition) is 3. The second kappa shape index (κ2) is 7.32. The van der Waals surface area contributed by atoms with Crippen LogP contribution in [-0.2, 0) is 0 Å². The van der Waals surface area contributed by atoms with Gasteiger partial charge in [0.15, 0.2) is 0 Å². The van der Waals surface area contributed by atoms with Gasteiger partial charge in [0.2, 0.25) is 0 Å². The topological polar surface area (TPSA) is 52.4 Å². The zero-order valence-electron chi connectivity index (χ0n) is 8.07. The van der Waals surface area contributed by atoms with Gasteiger partial charge in [0.1, 0.15) is 5.75 Å². The highest BCUT2D eigenvalue weighted by molar-refractivity contribution is 9.09. The largest absolute Gasteiger partial charge is 0.497 e. The number of alkyl halides is 1. The van der Waals surface area contributed by atoms with Crippen LogP contribution in [0.1, 0.15) is 6.92 Å². The van der Waals surface area contributed by atoms with Crippen LogP contribution in [0.15, 0.2) is 24.3 Å². The summed E-state index contributed by atoms with van der Waals surface area (Å²) in [7, 11) is 1.52. The van der Waals surface area contributed by atoms with Crippen molar-refractivity contribution in [3.63, 3.8) is 0 Å². The Bertz CT molecular complexity index is 274. The Labute approximate surface area is 91.2 Å². The number of hydrogen-bond donors (Lipinski definition) is 0. The standard InChI is InChI=1S/C7H7NO3.C2H5Br/c1-11-7-4-2-6(3-5-7)8(9)10;1-2-3/h2-5H,1H3;2H2,1H3. The van der Waals surface area contributed by atoms with Crippen molar-refractivity contribution < 1.29 is 9.66 Å². The van der Waals surface area contributed by atoms with Gasteiger partial charge in [0, 0.05) is 17.5 Å². The van der Waals surface area contributed by atoms with Gasteiger partial charge in [-0.25, -0.2) is 0 Å². The average Bonchev–Trinajstić information content (AvgIpc) is 2.19. The lowest BCUT2D eigenvalue weighted by molar-refractivity contribution is -0.384. The quantitative estimate of drug-likeness (QED) is 0.467. The molecule has 0 aliphatic heterocycles. The molecule has 0 aromatic heterocycles. The van der Waals surface area contributed by atoms with Crippen LogP contribution >= 0.6 is 15.9 Å². The van der Waals surface area contributed by atoms with Crippen molar-refractivity contribution in [1.82, 2.24) is 0 Å². The summed E-state index contributed by atoms with van der Waals surface area (Å²) in [5.41, 5.74) is 0.0748. The maximum absolute atomic E-state index is 10.2. The summed E-state index contributed by atoms with van der Waals surface area (Å²) in [4.78, 5) is 9.72. The Morgan fingerprint density at radius 3 is 2.14 bits per heavy atom. The monoisotopic (exact) mass is 261 g/mol. The Hall–Kier alpha value is -1.10. The molecule has 0 aliphatic rings. The van der Waals surface area contributed by atoms with Crippen molar-refractivity contribution in [2.75, 3.05) is 12.4 Å². The molecular weight excluding hydrogens is 250 g/mol. The number of rotatable bonds is 2. The molecule has 5 heteroatoms. The van der Waals surface area contributed by atoms with Crippen LogP contribution in [-0.4, -0.2) is 17.4 Å². The second-order valence-corrected chi connectivity index (χ2v) is 3.34. The molecule has 0 spiro atoms. The predicted molar refractivity (Wildman–Crippen MR) is 59.1 cm³/mol. The Morgan fingerprint density at radius 2 is 1.86 bits per heavy atom. The van der Waals surface area contributed by atoms with Gasteiger partial charge >= 0.3 is 0 Å². The smallest absolute Gasteiger partial charge is 0.269 e. The fraction of sp³-hybridized carbons (Fsp3) is 0.333.